The van der Waals surface area contributed by atoms with Crippen LogP contribution in [0.5, 0.6) is 0 Å². The molecule has 0 aliphatic heterocycles. The molecule has 2 N–H and O–H groups in total. The average molecular weight is 211 g/mol. The lowest BCUT2D eigenvalue weighted by molar-refractivity contribution is 0.0559. The van der Waals surface area contributed by atoms with Gasteiger partial charge < -0.3 is 10.4 Å². The summed E-state index contributed by atoms with van der Waals surface area (Å²) in [7, 11) is 0. The van der Waals surface area contributed by atoms with Crippen LogP contribution in [0, 0.1) is 0 Å². The zero-order chi connectivity index (χ0) is 11.1. The van der Waals surface area contributed by atoms with Gasteiger partial charge >= 0.3 is 0 Å². The van der Waals surface area contributed by atoms with E-state index in [0.717, 1.165) is 25.9 Å². The van der Waals surface area contributed by atoms with E-state index in [1.54, 1.807) is 6.20 Å². The smallest absolute Gasteiger partial charge is 0.0740 e. The summed E-state index contributed by atoms with van der Waals surface area (Å²) in [5.41, 5.74) is -0.578. The number of aliphatic hydroxyl groups is 1. The fourth-order valence-corrected chi connectivity index (χ4v) is 1.28. The van der Waals surface area contributed by atoms with E-state index < -0.39 is 5.60 Å². The monoisotopic (exact) mass is 211 g/mol. The van der Waals surface area contributed by atoms with Crippen LogP contribution in [0.25, 0.3) is 0 Å². The van der Waals surface area contributed by atoms with Gasteiger partial charge in [0.2, 0.25) is 0 Å². The van der Waals surface area contributed by atoms with E-state index in [-0.39, 0.29) is 0 Å². The van der Waals surface area contributed by atoms with Crippen molar-refractivity contribution in [1.82, 2.24) is 15.1 Å². The van der Waals surface area contributed by atoms with Crippen molar-refractivity contribution in [2.75, 3.05) is 13.1 Å². The molecule has 1 aromatic rings. The third kappa shape index (κ3) is 4.95. The first-order valence-corrected chi connectivity index (χ1v) is 5.54. The molecule has 4 heteroatoms. The Morgan fingerprint density at radius 3 is 2.93 bits per heavy atom. The molecular formula is C11H21N3O. The zero-order valence-corrected chi connectivity index (χ0v) is 9.61. The Morgan fingerprint density at radius 2 is 2.33 bits per heavy atom. The molecule has 0 aromatic carbocycles. The quantitative estimate of drug-likeness (QED) is 0.662. The van der Waals surface area contributed by atoms with Crippen LogP contribution in [0.4, 0.5) is 0 Å². The third-order valence-electron chi connectivity index (χ3n) is 2.57. The van der Waals surface area contributed by atoms with Crippen molar-refractivity contribution in [1.29, 1.82) is 0 Å². The summed E-state index contributed by atoms with van der Waals surface area (Å²) in [4.78, 5) is 0. The molecule has 1 rings (SSSR count). The molecule has 1 atom stereocenters. The van der Waals surface area contributed by atoms with Gasteiger partial charge in [0.05, 0.1) is 5.60 Å². The number of aryl methyl sites for hydroxylation is 1. The topological polar surface area (TPSA) is 50.1 Å². The van der Waals surface area contributed by atoms with E-state index >= 15 is 0 Å². The molecular weight excluding hydrogens is 190 g/mol. The lowest BCUT2D eigenvalue weighted by Crippen LogP contribution is -2.37. The molecule has 1 aromatic heterocycles. The minimum atomic E-state index is -0.578. The zero-order valence-electron chi connectivity index (χ0n) is 9.61. The Morgan fingerprint density at radius 1 is 1.53 bits per heavy atom. The Hall–Kier alpha value is -0.870. The molecule has 15 heavy (non-hydrogen) atoms. The van der Waals surface area contributed by atoms with E-state index in [1.165, 1.54) is 0 Å². The molecule has 0 aliphatic carbocycles. The highest BCUT2D eigenvalue weighted by Gasteiger charge is 2.15. The maximum atomic E-state index is 9.73. The van der Waals surface area contributed by atoms with Crippen LogP contribution >= 0.6 is 0 Å². The maximum absolute atomic E-state index is 9.73. The van der Waals surface area contributed by atoms with Crippen molar-refractivity contribution in [3.63, 3.8) is 0 Å². The fraction of sp³-hybridized carbons (Fsp3) is 0.727. The lowest BCUT2D eigenvalue weighted by atomic mass is 10.0. The van der Waals surface area contributed by atoms with Crippen molar-refractivity contribution < 1.29 is 5.11 Å². The van der Waals surface area contributed by atoms with Gasteiger partial charge in [0, 0.05) is 25.5 Å². The van der Waals surface area contributed by atoms with Gasteiger partial charge in [-0.1, -0.05) is 6.92 Å². The molecule has 0 radical (unpaired) electrons. The van der Waals surface area contributed by atoms with Crippen molar-refractivity contribution in [3.8, 4) is 0 Å². The first-order chi connectivity index (χ1) is 7.14. The second-order valence-corrected chi connectivity index (χ2v) is 4.15. The van der Waals surface area contributed by atoms with Gasteiger partial charge in [0.15, 0.2) is 0 Å². The number of aromatic nitrogens is 2. The van der Waals surface area contributed by atoms with E-state index in [9.17, 15) is 5.11 Å². The van der Waals surface area contributed by atoms with E-state index in [4.69, 9.17) is 0 Å². The Labute approximate surface area is 91.3 Å². The number of nitrogens with zero attached hydrogens (tertiary/aromatic N) is 2. The van der Waals surface area contributed by atoms with Crippen molar-refractivity contribution in [2.45, 2.75) is 38.8 Å². The van der Waals surface area contributed by atoms with Crippen LogP contribution in [-0.4, -0.2) is 33.6 Å². The predicted octanol–water partition coefficient (Wildman–Crippen LogP) is 1.02. The van der Waals surface area contributed by atoms with Gasteiger partial charge in [-0.15, -0.1) is 0 Å². The fourth-order valence-electron chi connectivity index (χ4n) is 1.28. The van der Waals surface area contributed by atoms with Crippen molar-refractivity contribution in [2.24, 2.45) is 0 Å². The van der Waals surface area contributed by atoms with Crippen LogP contribution in [0.1, 0.15) is 26.7 Å². The molecule has 1 unspecified atom stereocenters. The highest BCUT2D eigenvalue weighted by Crippen LogP contribution is 2.05. The number of rotatable bonds is 7. The van der Waals surface area contributed by atoms with Crippen LogP contribution in [0.15, 0.2) is 18.5 Å². The summed E-state index contributed by atoms with van der Waals surface area (Å²) in [5.74, 6) is 0. The molecule has 0 bridgehead atoms. The molecule has 86 valence electrons. The maximum Gasteiger partial charge on any atom is 0.0740 e. The minimum Gasteiger partial charge on any atom is -0.389 e. The molecule has 0 fully saturated rings. The SMILES string of the molecule is CCC(C)(O)CNCCCn1cccn1. The van der Waals surface area contributed by atoms with Crippen LogP contribution in [-0.2, 0) is 6.54 Å². The summed E-state index contributed by atoms with van der Waals surface area (Å²) < 4.78 is 1.92. The molecule has 0 amide bonds. The summed E-state index contributed by atoms with van der Waals surface area (Å²) >= 11 is 0. The van der Waals surface area contributed by atoms with Crippen LogP contribution in [0.2, 0.25) is 0 Å². The standard InChI is InChI=1S/C11H21N3O/c1-3-11(2,15)10-12-6-4-8-14-9-5-7-13-14/h5,7,9,12,15H,3-4,6,8,10H2,1-2H3. The third-order valence-corrected chi connectivity index (χ3v) is 2.57. The highest BCUT2D eigenvalue weighted by molar-refractivity contribution is 4.77. The summed E-state index contributed by atoms with van der Waals surface area (Å²) in [5, 5.41) is 17.1. The lowest BCUT2D eigenvalue weighted by Gasteiger charge is -2.21. The molecule has 0 spiro atoms. The predicted molar refractivity (Wildman–Crippen MR) is 60.6 cm³/mol. The number of hydrogen-bond acceptors (Lipinski definition) is 3. The van der Waals surface area contributed by atoms with Crippen LogP contribution < -0.4 is 5.32 Å². The van der Waals surface area contributed by atoms with Crippen molar-refractivity contribution in [3.05, 3.63) is 18.5 Å². The van der Waals surface area contributed by atoms with Crippen molar-refractivity contribution >= 4 is 0 Å². The van der Waals surface area contributed by atoms with Gasteiger partial charge in [0.1, 0.15) is 0 Å². The molecule has 0 aliphatic rings. The molecule has 0 saturated carbocycles. The summed E-state index contributed by atoms with van der Waals surface area (Å²) in [6.45, 7) is 6.34. The second kappa shape index (κ2) is 5.88. The number of hydrogen-bond donors (Lipinski definition) is 2. The molecule has 0 saturated heterocycles. The first kappa shape index (κ1) is 12.2. The molecule has 1 heterocycles. The van der Waals surface area contributed by atoms with Gasteiger partial charge in [-0.2, -0.15) is 5.10 Å². The van der Waals surface area contributed by atoms with E-state index in [2.05, 4.69) is 10.4 Å². The first-order valence-electron chi connectivity index (χ1n) is 5.54. The number of nitrogens with one attached hydrogen (secondary N) is 1. The summed E-state index contributed by atoms with van der Waals surface area (Å²) in [6, 6.07) is 1.93. The largest absolute Gasteiger partial charge is 0.389 e. The van der Waals surface area contributed by atoms with Gasteiger partial charge in [-0.3, -0.25) is 4.68 Å². The van der Waals surface area contributed by atoms with Gasteiger partial charge in [-0.25, -0.2) is 0 Å². The van der Waals surface area contributed by atoms with E-state index in [0.29, 0.717) is 6.54 Å². The normalized spacial score (nSPS) is 15.1. The Kier molecular flexibility index (Phi) is 4.78. The average Bonchev–Trinajstić information content (AvgIpc) is 2.70. The minimum absolute atomic E-state index is 0.578. The Balaban J connectivity index is 2.03. The van der Waals surface area contributed by atoms with Crippen LogP contribution in [0.3, 0.4) is 0 Å². The summed E-state index contributed by atoms with van der Waals surface area (Å²) in [6.07, 6.45) is 5.55. The second-order valence-electron chi connectivity index (χ2n) is 4.15. The van der Waals surface area contributed by atoms with Gasteiger partial charge in [-0.05, 0) is 32.4 Å². The van der Waals surface area contributed by atoms with Gasteiger partial charge in [0.25, 0.3) is 0 Å². The highest BCUT2D eigenvalue weighted by atomic mass is 16.3. The van der Waals surface area contributed by atoms with E-state index in [1.807, 2.05) is 30.8 Å². The Bertz CT molecular complexity index is 257. The molecule has 4 nitrogen and oxygen atoms in total.